The summed E-state index contributed by atoms with van der Waals surface area (Å²) in [7, 11) is 0. The van der Waals surface area contributed by atoms with Crippen LogP contribution in [-0.4, -0.2) is 6.54 Å². The first-order valence-corrected chi connectivity index (χ1v) is 4.28. The van der Waals surface area contributed by atoms with Gasteiger partial charge in [-0.15, -0.1) is 0 Å². The molecule has 0 saturated heterocycles. The third-order valence-electron chi connectivity index (χ3n) is 1.45. The summed E-state index contributed by atoms with van der Waals surface area (Å²) in [6, 6.07) is 3.92. The number of hydrogen-bond acceptors (Lipinski definition) is 2. The van der Waals surface area contributed by atoms with Gasteiger partial charge in [-0.3, -0.25) is 0 Å². The monoisotopic (exact) mass is 185 g/mol. The maximum atomic E-state index is 5.34. The fraction of sp³-hybridized carbons (Fsp3) is 0.333. The van der Waals surface area contributed by atoms with E-state index >= 15 is 0 Å². The van der Waals surface area contributed by atoms with E-state index in [1.807, 2.05) is 25.1 Å². The zero-order valence-electron chi connectivity index (χ0n) is 7.01. The van der Waals surface area contributed by atoms with E-state index in [0.717, 1.165) is 24.6 Å². The van der Waals surface area contributed by atoms with Crippen molar-refractivity contribution in [3.63, 3.8) is 0 Å². The molecule has 0 aromatic carbocycles. The predicted molar refractivity (Wildman–Crippen MR) is 50.1 cm³/mol. The highest BCUT2D eigenvalue weighted by atomic mass is 35.5. The molecule has 1 aromatic heterocycles. The summed E-state index contributed by atoms with van der Waals surface area (Å²) < 4.78 is 5.34. The molecule has 1 N–H and O–H groups in total. The Labute approximate surface area is 77.2 Å². The zero-order chi connectivity index (χ0) is 8.81. The zero-order valence-corrected chi connectivity index (χ0v) is 7.77. The maximum absolute atomic E-state index is 5.34. The van der Waals surface area contributed by atoms with Crippen LogP contribution in [0.2, 0.25) is 0 Å². The van der Waals surface area contributed by atoms with Gasteiger partial charge in [-0.2, -0.15) is 0 Å². The average Bonchev–Trinajstić information content (AvgIpc) is 2.45. The van der Waals surface area contributed by atoms with Gasteiger partial charge >= 0.3 is 0 Å². The Balaban J connectivity index is 2.24. The molecule has 1 rings (SSSR count). The largest absolute Gasteiger partial charge is 0.465 e. The first-order chi connectivity index (χ1) is 5.83. The molecular weight excluding hydrogens is 174 g/mol. The van der Waals surface area contributed by atoms with Crippen LogP contribution in [0.3, 0.4) is 0 Å². The third kappa shape index (κ3) is 3.11. The summed E-state index contributed by atoms with van der Waals surface area (Å²) in [5, 5.41) is 3.15. The van der Waals surface area contributed by atoms with Crippen molar-refractivity contribution in [3.8, 4) is 0 Å². The van der Waals surface area contributed by atoms with Crippen molar-refractivity contribution in [2.24, 2.45) is 0 Å². The van der Waals surface area contributed by atoms with Gasteiger partial charge in [-0.25, -0.2) is 0 Å². The minimum absolute atomic E-state index is 0.745. The molecule has 1 aromatic rings. The van der Waals surface area contributed by atoms with Crippen LogP contribution in [0, 0.1) is 6.92 Å². The second-order valence-corrected chi connectivity index (χ2v) is 2.76. The number of hydrogen-bond donors (Lipinski definition) is 1. The summed E-state index contributed by atoms with van der Waals surface area (Å²) in [6.45, 7) is 3.44. The van der Waals surface area contributed by atoms with Crippen LogP contribution in [0.5, 0.6) is 0 Å². The van der Waals surface area contributed by atoms with E-state index in [9.17, 15) is 0 Å². The molecule has 0 atom stereocenters. The van der Waals surface area contributed by atoms with E-state index in [1.54, 1.807) is 0 Å². The minimum atomic E-state index is 0.745. The number of rotatable bonds is 4. The van der Waals surface area contributed by atoms with Crippen LogP contribution in [-0.2, 0) is 6.54 Å². The molecule has 0 aliphatic heterocycles. The SMILES string of the molecule is Cc1ccc(CNC/C=C/Cl)o1. The van der Waals surface area contributed by atoms with Crippen molar-refractivity contribution in [3.05, 3.63) is 35.3 Å². The van der Waals surface area contributed by atoms with Crippen molar-refractivity contribution in [2.45, 2.75) is 13.5 Å². The van der Waals surface area contributed by atoms with E-state index in [2.05, 4.69) is 5.32 Å². The summed E-state index contributed by atoms with van der Waals surface area (Å²) in [5.41, 5.74) is 1.50. The van der Waals surface area contributed by atoms with Gasteiger partial charge in [0, 0.05) is 12.1 Å². The minimum Gasteiger partial charge on any atom is -0.465 e. The first kappa shape index (κ1) is 9.36. The Morgan fingerprint density at radius 2 is 2.42 bits per heavy atom. The van der Waals surface area contributed by atoms with Gasteiger partial charge in [0.1, 0.15) is 11.5 Å². The number of nitrogens with one attached hydrogen (secondary N) is 1. The quantitative estimate of drug-likeness (QED) is 0.729. The normalized spacial score (nSPS) is 11.2. The molecule has 2 nitrogen and oxygen atoms in total. The standard InChI is InChI=1S/C9H12ClNO/c1-8-3-4-9(12-8)7-11-6-2-5-10/h2-5,11H,6-7H2,1H3/b5-2+. The third-order valence-corrected chi connectivity index (χ3v) is 1.62. The fourth-order valence-electron chi connectivity index (χ4n) is 0.903. The second kappa shape index (κ2) is 5.01. The molecule has 0 spiro atoms. The van der Waals surface area contributed by atoms with Crippen molar-refractivity contribution < 1.29 is 4.42 Å². The Hall–Kier alpha value is -0.730. The van der Waals surface area contributed by atoms with Gasteiger partial charge in [0.05, 0.1) is 6.54 Å². The molecule has 0 aliphatic rings. The van der Waals surface area contributed by atoms with E-state index in [1.165, 1.54) is 5.54 Å². The summed E-state index contributed by atoms with van der Waals surface area (Å²) in [6.07, 6.45) is 1.84. The van der Waals surface area contributed by atoms with E-state index in [-0.39, 0.29) is 0 Å². The van der Waals surface area contributed by atoms with Gasteiger partial charge in [0.15, 0.2) is 0 Å². The lowest BCUT2D eigenvalue weighted by molar-refractivity contribution is 0.468. The summed E-state index contributed by atoms with van der Waals surface area (Å²) >= 11 is 5.34. The Bertz CT molecular complexity index is 255. The molecule has 3 heteroatoms. The molecule has 0 fully saturated rings. The maximum Gasteiger partial charge on any atom is 0.117 e. The van der Waals surface area contributed by atoms with Crippen LogP contribution >= 0.6 is 11.6 Å². The molecule has 0 bridgehead atoms. The highest BCUT2D eigenvalue weighted by Gasteiger charge is 1.95. The lowest BCUT2D eigenvalue weighted by Crippen LogP contribution is -2.11. The fourth-order valence-corrected chi connectivity index (χ4v) is 0.992. The van der Waals surface area contributed by atoms with E-state index in [0.29, 0.717) is 0 Å². The average molecular weight is 186 g/mol. The Morgan fingerprint density at radius 3 is 3.00 bits per heavy atom. The molecule has 1 heterocycles. The van der Waals surface area contributed by atoms with Crippen molar-refractivity contribution in [1.82, 2.24) is 5.32 Å². The van der Waals surface area contributed by atoms with Crippen molar-refractivity contribution in [2.75, 3.05) is 6.54 Å². The Kier molecular flexibility index (Phi) is 3.91. The second-order valence-electron chi connectivity index (χ2n) is 2.50. The van der Waals surface area contributed by atoms with Gasteiger partial charge < -0.3 is 9.73 Å². The highest BCUT2D eigenvalue weighted by molar-refractivity contribution is 6.25. The summed E-state index contributed by atoms with van der Waals surface area (Å²) in [4.78, 5) is 0. The number of aryl methyl sites for hydroxylation is 1. The molecule has 0 amide bonds. The molecule has 0 radical (unpaired) electrons. The van der Waals surface area contributed by atoms with Crippen LogP contribution in [0.25, 0.3) is 0 Å². The molecule has 0 unspecified atom stereocenters. The molecular formula is C9H12ClNO. The smallest absolute Gasteiger partial charge is 0.117 e. The van der Waals surface area contributed by atoms with Gasteiger partial charge in [0.25, 0.3) is 0 Å². The summed E-state index contributed by atoms with van der Waals surface area (Å²) in [5.74, 6) is 1.90. The van der Waals surface area contributed by atoms with Gasteiger partial charge in [-0.1, -0.05) is 17.7 Å². The number of halogens is 1. The topological polar surface area (TPSA) is 25.2 Å². The number of furan rings is 1. The first-order valence-electron chi connectivity index (χ1n) is 3.84. The van der Waals surface area contributed by atoms with Crippen molar-refractivity contribution in [1.29, 1.82) is 0 Å². The van der Waals surface area contributed by atoms with Crippen LogP contribution in [0.15, 0.2) is 28.2 Å². The van der Waals surface area contributed by atoms with Gasteiger partial charge in [0.2, 0.25) is 0 Å². The Morgan fingerprint density at radius 1 is 1.58 bits per heavy atom. The molecule has 0 saturated carbocycles. The molecule has 12 heavy (non-hydrogen) atoms. The van der Waals surface area contributed by atoms with Crippen LogP contribution < -0.4 is 5.32 Å². The van der Waals surface area contributed by atoms with Gasteiger partial charge in [-0.05, 0) is 19.1 Å². The predicted octanol–water partition coefficient (Wildman–Crippen LogP) is 2.43. The van der Waals surface area contributed by atoms with E-state index < -0.39 is 0 Å². The van der Waals surface area contributed by atoms with E-state index in [4.69, 9.17) is 16.0 Å². The molecule has 0 aliphatic carbocycles. The van der Waals surface area contributed by atoms with Crippen LogP contribution in [0.1, 0.15) is 11.5 Å². The van der Waals surface area contributed by atoms with Crippen molar-refractivity contribution >= 4 is 11.6 Å². The molecule has 66 valence electrons. The van der Waals surface area contributed by atoms with Crippen LogP contribution in [0.4, 0.5) is 0 Å². The lowest BCUT2D eigenvalue weighted by atomic mass is 10.4. The lowest BCUT2D eigenvalue weighted by Gasteiger charge is -1.96. The highest BCUT2D eigenvalue weighted by Crippen LogP contribution is 2.04.